The number of aliphatic hydroxyl groups excluding tert-OH is 2. The molecule has 7 N–H and O–H groups in total. The standard InChI is InChI=1S/C10H14N6O4/c11-9-14-7-6(8(19)15-9)13-10(12)16(7)5-1-3(18)4(2-17)20-5/h3-5,17-18H,1-2H2,(H2,12,13)(H3,11,14,15,19)/t3-,4+,5+/m0/s1. The monoisotopic (exact) mass is 282 g/mol. The average molecular weight is 282 g/mol. The number of nitrogen functional groups attached to an aromatic ring is 2. The second kappa shape index (κ2) is 4.44. The van der Waals surface area contributed by atoms with E-state index in [4.69, 9.17) is 21.3 Å². The zero-order valence-electron chi connectivity index (χ0n) is 10.4. The molecule has 108 valence electrons. The summed E-state index contributed by atoms with van der Waals surface area (Å²) >= 11 is 0. The number of ether oxygens (including phenoxy) is 1. The van der Waals surface area contributed by atoms with Crippen LogP contribution in [0.15, 0.2) is 4.79 Å². The molecule has 0 aliphatic carbocycles. The van der Waals surface area contributed by atoms with E-state index in [-0.39, 0.29) is 36.1 Å². The molecule has 3 heterocycles. The summed E-state index contributed by atoms with van der Waals surface area (Å²) in [5.41, 5.74) is 11.0. The molecule has 1 aliphatic heterocycles. The van der Waals surface area contributed by atoms with E-state index in [0.717, 1.165) is 0 Å². The van der Waals surface area contributed by atoms with Crippen LogP contribution in [0.25, 0.3) is 11.2 Å². The van der Waals surface area contributed by atoms with Gasteiger partial charge in [0.25, 0.3) is 5.56 Å². The largest absolute Gasteiger partial charge is 0.394 e. The Morgan fingerprint density at radius 1 is 1.45 bits per heavy atom. The number of rotatable bonds is 2. The number of aromatic amines is 1. The summed E-state index contributed by atoms with van der Waals surface area (Å²) in [7, 11) is 0. The Kier molecular flexibility index (Phi) is 2.85. The molecule has 0 amide bonds. The Hall–Kier alpha value is -2.17. The number of nitrogens with zero attached hydrogens (tertiary/aromatic N) is 3. The molecule has 0 unspecified atom stereocenters. The van der Waals surface area contributed by atoms with E-state index in [1.807, 2.05) is 0 Å². The van der Waals surface area contributed by atoms with Gasteiger partial charge in [0.15, 0.2) is 11.2 Å². The first-order valence-corrected chi connectivity index (χ1v) is 5.99. The first-order valence-electron chi connectivity index (χ1n) is 5.99. The minimum Gasteiger partial charge on any atom is -0.394 e. The predicted molar refractivity (Wildman–Crippen MR) is 68.6 cm³/mol. The van der Waals surface area contributed by atoms with Crippen LogP contribution in [0, 0.1) is 0 Å². The van der Waals surface area contributed by atoms with Gasteiger partial charge in [-0.1, -0.05) is 0 Å². The van der Waals surface area contributed by atoms with E-state index in [0.29, 0.717) is 0 Å². The number of H-pyrrole nitrogens is 1. The van der Waals surface area contributed by atoms with Gasteiger partial charge in [-0.05, 0) is 0 Å². The van der Waals surface area contributed by atoms with Crippen molar-refractivity contribution in [3.05, 3.63) is 10.4 Å². The maximum absolute atomic E-state index is 11.7. The van der Waals surface area contributed by atoms with Crippen LogP contribution in [-0.4, -0.2) is 48.5 Å². The van der Waals surface area contributed by atoms with Crippen LogP contribution in [0.4, 0.5) is 11.9 Å². The number of fused-ring (bicyclic) bond motifs is 1. The zero-order valence-corrected chi connectivity index (χ0v) is 10.4. The highest BCUT2D eigenvalue weighted by Gasteiger charge is 2.36. The number of aliphatic hydroxyl groups is 2. The number of nitrogens with one attached hydrogen (secondary N) is 1. The number of anilines is 2. The van der Waals surface area contributed by atoms with Crippen LogP contribution >= 0.6 is 0 Å². The molecule has 3 atom stereocenters. The molecule has 1 aliphatic rings. The van der Waals surface area contributed by atoms with Crippen LogP contribution in [0.3, 0.4) is 0 Å². The van der Waals surface area contributed by atoms with Gasteiger partial charge < -0.3 is 26.4 Å². The summed E-state index contributed by atoms with van der Waals surface area (Å²) in [6, 6.07) is 0. The fourth-order valence-corrected chi connectivity index (χ4v) is 2.34. The van der Waals surface area contributed by atoms with Gasteiger partial charge in [0.1, 0.15) is 12.3 Å². The third-order valence-corrected chi connectivity index (χ3v) is 3.27. The fraction of sp³-hybridized carbons (Fsp3) is 0.500. The molecule has 0 bridgehead atoms. The molecule has 10 heteroatoms. The van der Waals surface area contributed by atoms with Gasteiger partial charge in [-0.15, -0.1) is 0 Å². The highest BCUT2D eigenvalue weighted by atomic mass is 16.5. The lowest BCUT2D eigenvalue weighted by molar-refractivity contribution is -0.0425. The highest BCUT2D eigenvalue weighted by molar-refractivity contribution is 5.74. The normalized spacial score (nSPS) is 26.4. The summed E-state index contributed by atoms with van der Waals surface area (Å²) in [4.78, 5) is 22.0. The van der Waals surface area contributed by atoms with Gasteiger partial charge >= 0.3 is 0 Å². The summed E-state index contributed by atoms with van der Waals surface area (Å²) in [6.45, 7) is -0.319. The van der Waals surface area contributed by atoms with Crippen molar-refractivity contribution in [2.75, 3.05) is 18.1 Å². The van der Waals surface area contributed by atoms with E-state index in [1.165, 1.54) is 4.57 Å². The van der Waals surface area contributed by atoms with Crippen LogP contribution in [-0.2, 0) is 4.74 Å². The quantitative estimate of drug-likeness (QED) is 0.418. The molecular weight excluding hydrogens is 268 g/mol. The van der Waals surface area contributed by atoms with Crippen molar-refractivity contribution in [1.82, 2.24) is 19.5 Å². The first-order chi connectivity index (χ1) is 9.51. The molecular formula is C10H14N6O4. The average Bonchev–Trinajstić information content (AvgIpc) is 2.89. The van der Waals surface area contributed by atoms with Gasteiger partial charge in [-0.3, -0.25) is 14.3 Å². The van der Waals surface area contributed by atoms with Gasteiger partial charge in [0.2, 0.25) is 11.9 Å². The first kappa shape index (κ1) is 12.8. The molecule has 0 spiro atoms. The minimum atomic E-state index is -0.832. The van der Waals surface area contributed by atoms with Crippen LogP contribution in [0.2, 0.25) is 0 Å². The van der Waals surface area contributed by atoms with Crippen molar-refractivity contribution in [3.8, 4) is 0 Å². The van der Waals surface area contributed by atoms with Crippen molar-refractivity contribution < 1.29 is 14.9 Å². The van der Waals surface area contributed by atoms with Gasteiger partial charge in [-0.25, -0.2) is 4.98 Å². The Balaban J connectivity index is 2.13. The predicted octanol–water partition coefficient (Wildman–Crippen LogP) is -2.08. The minimum absolute atomic E-state index is 0.0272. The highest BCUT2D eigenvalue weighted by Crippen LogP contribution is 2.32. The second-order valence-corrected chi connectivity index (χ2v) is 4.58. The third-order valence-electron chi connectivity index (χ3n) is 3.27. The number of imidazole rings is 1. The van der Waals surface area contributed by atoms with Crippen molar-refractivity contribution in [2.24, 2.45) is 0 Å². The number of hydrogen-bond donors (Lipinski definition) is 5. The Labute approximate surface area is 112 Å². The van der Waals surface area contributed by atoms with Gasteiger partial charge in [0.05, 0.1) is 12.7 Å². The van der Waals surface area contributed by atoms with E-state index >= 15 is 0 Å². The topological polar surface area (TPSA) is 165 Å². The zero-order chi connectivity index (χ0) is 14.4. The van der Waals surface area contributed by atoms with Crippen molar-refractivity contribution in [1.29, 1.82) is 0 Å². The summed E-state index contributed by atoms with van der Waals surface area (Å²) < 4.78 is 6.87. The summed E-state index contributed by atoms with van der Waals surface area (Å²) in [5, 5.41) is 18.8. The van der Waals surface area contributed by atoms with E-state index in [1.54, 1.807) is 0 Å². The molecule has 2 aromatic rings. The molecule has 0 saturated carbocycles. The lowest BCUT2D eigenvalue weighted by Gasteiger charge is -2.14. The molecule has 2 aromatic heterocycles. The van der Waals surface area contributed by atoms with Crippen LogP contribution in [0.1, 0.15) is 12.6 Å². The molecule has 1 saturated heterocycles. The number of nitrogens with two attached hydrogens (primary N) is 2. The Bertz CT molecular complexity index is 710. The SMILES string of the molecule is Nc1nc2c(nc(N)n2[C@H]2C[C@H](O)[C@@H](CO)O2)c(=O)[nH]1. The van der Waals surface area contributed by atoms with E-state index in [9.17, 15) is 9.90 Å². The molecule has 20 heavy (non-hydrogen) atoms. The molecule has 10 nitrogen and oxygen atoms in total. The van der Waals surface area contributed by atoms with Crippen LogP contribution < -0.4 is 17.0 Å². The van der Waals surface area contributed by atoms with Crippen LogP contribution in [0.5, 0.6) is 0 Å². The molecule has 0 radical (unpaired) electrons. The van der Waals surface area contributed by atoms with Crippen molar-refractivity contribution in [2.45, 2.75) is 24.9 Å². The van der Waals surface area contributed by atoms with Crippen molar-refractivity contribution >= 4 is 23.1 Å². The summed E-state index contributed by atoms with van der Waals surface area (Å²) in [5.74, 6) is -0.0414. The maximum atomic E-state index is 11.7. The van der Waals surface area contributed by atoms with E-state index < -0.39 is 24.0 Å². The summed E-state index contributed by atoms with van der Waals surface area (Å²) in [6.07, 6.45) is -2.01. The molecule has 1 fully saturated rings. The van der Waals surface area contributed by atoms with Gasteiger partial charge in [-0.2, -0.15) is 4.98 Å². The third kappa shape index (κ3) is 1.81. The smallest absolute Gasteiger partial charge is 0.280 e. The lowest BCUT2D eigenvalue weighted by atomic mass is 10.2. The number of hydrogen-bond acceptors (Lipinski definition) is 8. The Morgan fingerprint density at radius 2 is 2.20 bits per heavy atom. The second-order valence-electron chi connectivity index (χ2n) is 4.58. The van der Waals surface area contributed by atoms with Crippen molar-refractivity contribution in [3.63, 3.8) is 0 Å². The van der Waals surface area contributed by atoms with E-state index in [2.05, 4.69) is 15.0 Å². The fourth-order valence-electron chi connectivity index (χ4n) is 2.34. The lowest BCUT2D eigenvalue weighted by Crippen LogP contribution is -2.24. The Morgan fingerprint density at radius 3 is 2.85 bits per heavy atom. The molecule has 0 aromatic carbocycles. The number of aromatic nitrogens is 4. The van der Waals surface area contributed by atoms with Gasteiger partial charge in [0, 0.05) is 6.42 Å². The maximum Gasteiger partial charge on any atom is 0.280 e. The molecule has 3 rings (SSSR count).